The number of hydrogen-bond acceptors (Lipinski definition) is 2. The van der Waals surface area contributed by atoms with Crippen LogP contribution in [0.25, 0.3) is 0 Å². The quantitative estimate of drug-likeness (QED) is 0.910. The maximum absolute atomic E-state index is 12.4. The smallest absolute Gasteiger partial charge is 0.383 e. The highest BCUT2D eigenvalue weighted by Gasteiger charge is 2.49. The highest BCUT2D eigenvalue weighted by Crippen LogP contribution is 2.35. The minimum Gasteiger partial charge on any atom is -0.383 e. The van der Waals surface area contributed by atoms with Gasteiger partial charge in [-0.25, -0.2) is 0 Å². The first-order chi connectivity index (χ1) is 7.15. The number of aliphatic hydroxyl groups is 1. The van der Waals surface area contributed by atoms with Crippen LogP contribution < -0.4 is 0 Å². The third kappa shape index (κ3) is 2.74. The maximum Gasteiger partial charge on any atom is 0.415 e. The first kappa shape index (κ1) is 13.4. The third-order valence-corrected chi connectivity index (χ3v) is 2.85. The van der Waals surface area contributed by atoms with Crippen LogP contribution in [0.4, 0.5) is 13.2 Å². The zero-order valence-electron chi connectivity index (χ0n) is 8.72. The molecule has 1 N–H and O–H groups in total. The van der Waals surface area contributed by atoms with E-state index in [-0.39, 0.29) is 5.69 Å². The number of nitrogens with zero attached hydrogens (tertiary/aromatic N) is 1. The van der Waals surface area contributed by atoms with Gasteiger partial charge in [0, 0.05) is 21.8 Å². The van der Waals surface area contributed by atoms with E-state index in [2.05, 4.69) is 20.9 Å². The Labute approximate surface area is 99.6 Å². The lowest BCUT2D eigenvalue weighted by Crippen LogP contribution is -2.45. The molecule has 6 heteroatoms. The summed E-state index contributed by atoms with van der Waals surface area (Å²) in [5.41, 5.74) is -1.28. The molecule has 0 saturated heterocycles. The van der Waals surface area contributed by atoms with Crippen molar-refractivity contribution in [3.8, 4) is 0 Å². The molecule has 0 bridgehead atoms. The Bertz CT molecular complexity index is 361. The largest absolute Gasteiger partial charge is 0.415 e. The summed E-state index contributed by atoms with van der Waals surface area (Å²) in [6, 6.07) is 3.05. The first-order valence-corrected chi connectivity index (χ1v) is 5.32. The second kappa shape index (κ2) is 4.33. The summed E-state index contributed by atoms with van der Waals surface area (Å²) >= 11 is 3.14. The van der Waals surface area contributed by atoms with E-state index in [0.29, 0.717) is 4.47 Å². The summed E-state index contributed by atoms with van der Waals surface area (Å²) in [5, 5.41) is 9.26. The van der Waals surface area contributed by atoms with E-state index in [1.165, 1.54) is 26.1 Å². The summed E-state index contributed by atoms with van der Waals surface area (Å²) in [5.74, 6) is 0. The normalized spacial score (nSPS) is 14.9. The van der Waals surface area contributed by atoms with Crippen molar-refractivity contribution in [3.63, 3.8) is 0 Å². The molecule has 0 fully saturated rings. The molecule has 0 saturated carbocycles. The average Bonchev–Trinajstić information content (AvgIpc) is 2.16. The van der Waals surface area contributed by atoms with Crippen LogP contribution in [0.2, 0.25) is 0 Å². The number of alkyl halides is 3. The van der Waals surface area contributed by atoms with Gasteiger partial charge < -0.3 is 5.11 Å². The van der Waals surface area contributed by atoms with Crippen LogP contribution >= 0.6 is 15.9 Å². The molecular weight excluding hydrogens is 287 g/mol. The van der Waals surface area contributed by atoms with E-state index in [4.69, 9.17) is 0 Å². The van der Waals surface area contributed by atoms with Crippen molar-refractivity contribution in [1.82, 2.24) is 4.98 Å². The lowest BCUT2D eigenvalue weighted by molar-refractivity contribution is -0.221. The van der Waals surface area contributed by atoms with Gasteiger partial charge in [0.05, 0.1) is 0 Å². The SMILES string of the molecule is CC(C)(c1ccc(Br)cn1)C(O)C(F)(F)F. The third-order valence-electron chi connectivity index (χ3n) is 2.38. The Kier molecular flexibility index (Phi) is 3.64. The predicted octanol–water partition coefficient (Wildman–Crippen LogP) is 3.04. The van der Waals surface area contributed by atoms with Gasteiger partial charge >= 0.3 is 6.18 Å². The van der Waals surface area contributed by atoms with Crippen molar-refractivity contribution in [2.45, 2.75) is 31.5 Å². The second-order valence-corrected chi connectivity index (χ2v) is 4.94. The topological polar surface area (TPSA) is 33.1 Å². The van der Waals surface area contributed by atoms with Crippen LogP contribution in [0, 0.1) is 0 Å². The molecule has 0 amide bonds. The minimum atomic E-state index is -4.65. The Morgan fingerprint density at radius 3 is 2.25 bits per heavy atom. The van der Waals surface area contributed by atoms with Crippen molar-refractivity contribution in [2.24, 2.45) is 0 Å². The molecule has 0 aromatic carbocycles. The van der Waals surface area contributed by atoms with Crippen molar-refractivity contribution in [1.29, 1.82) is 0 Å². The number of pyridine rings is 1. The zero-order valence-corrected chi connectivity index (χ0v) is 10.3. The molecule has 16 heavy (non-hydrogen) atoms. The van der Waals surface area contributed by atoms with E-state index in [9.17, 15) is 18.3 Å². The monoisotopic (exact) mass is 297 g/mol. The van der Waals surface area contributed by atoms with Gasteiger partial charge in [-0.2, -0.15) is 13.2 Å². The van der Waals surface area contributed by atoms with E-state index in [1.807, 2.05) is 0 Å². The molecular formula is C10H11BrF3NO. The van der Waals surface area contributed by atoms with Crippen LogP contribution in [-0.4, -0.2) is 22.4 Å². The van der Waals surface area contributed by atoms with Gasteiger partial charge in [-0.15, -0.1) is 0 Å². The highest BCUT2D eigenvalue weighted by molar-refractivity contribution is 9.10. The fourth-order valence-electron chi connectivity index (χ4n) is 1.31. The first-order valence-electron chi connectivity index (χ1n) is 4.52. The van der Waals surface area contributed by atoms with Crippen LogP contribution in [0.5, 0.6) is 0 Å². The van der Waals surface area contributed by atoms with Crippen LogP contribution in [0.15, 0.2) is 22.8 Å². The predicted molar refractivity (Wildman–Crippen MR) is 57.0 cm³/mol. The number of halogens is 4. The number of rotatable bonds is 2. The Hall–Kier alpha value is -0.620. The van der Waals surface area contributed by atoms with Crippen LogP contribution in [-0.2, 0) is 5.41 Å². The standard InChI is InChI=1S/C10H11BrF3NO/c1-9(2,8(16)10(12,13)14)7-4-3-6(11)5-15-7/h3-5,8,16H,1-2H3. The lowest BCUT2D eigenvalue weighted by Gasteiger charge is -2.31. The summed E-state index contributed by atoms with van der Waals surface area (Å²) in [4.78, 5) is 3.88. The molecule has 1 aromatic rings. The summed E-state index contributed by atoms with van der Waals surface area (Å²) in [7, 11) is 0. The number of aliphatic hydroxyl groups excluding tert-OH is 1. The fourth-order valence-corrected chi connectivity index (χ4v) is 1.54. The summed E-state index contributed by atoms with van der Waals surface area (Å²) in [6.07, 6.45) is -5.69. The molecule has 1 heterocycles. The minimum absolute atomic E-state index is 0.195. The molecule has 0 aliphatic rings. The van der Waals surface area contributed by atoms with Gasteiger partial charge in [0.1, 0.15) is 0 Å². The molecule has 1 rings (SSSR count). The van der Waals surface area contributed by atoms with Crippen molar-refractivity contribution in [3.05, 3.63) is 28.5 Å². The molecule has 0 aliphatic carbocycles. The fraction of sp³-hybridized carbons (Fsp3) is 0.500. The van der Waals surface area contributed by atoms with Crippen LogP contribution in [0.3, 0.4) is 0 Å². The molecule has 1 atom stereocenters. The Balaban J connectivity index is 3.06. The Morgan fingerprint density at radius 1 is 1.31 bits per heavy atom. The van der Waals surface area contributed by atoms with E-state index >= 15 is 0 Å². The van der Waals surface area contributed by atoms with Gasteiger partial charge in [0.2, 0.25) is 0 Å². The van der Waals surface area contributed by atoms with Crippen molar-refractivity contribution >= 4 is 15.9 Å². The van der Waals surface area contributed by atoms with Gasteiger partial charge in [-0.05, 0) is 28.1 Å². The van der Waals surface area contributed by atoms with Gasteiger partial charge in [-0.1, -0.05) is 13.8 Å². The lowest BCUT2D eigenvalue weighted by atomic mass is 9.82. The van der Waals surface area contributed by atoms with Gasteiger partial charge in [0.25, 0.3) is 0 Å². The molecule has 0 aliphatic heterocycles. The van der Waals surface area contributed by atoms with E-state index in [1.54, 1.807) is 6.07 Å². The van der Waals surface area contributed by atoms with Gasteiger partial charge in [-0.3, -0.25) is 4.98 Å². The number of aromatic nitrogens is 1. The molecule has 2 nitrogen and oxygen atoms in total. The average molecular weight is 298 g/mol. The second-order valence-electron chi connectivity index (χ2n) is 4.03. The summed E-state index contributed by atoms with van der Waals surface area (Å²) < 4.78 is 37.9. The van der Waals surface area contributed by atoms with Crippen molar-refractivity contribution < 1.29 is 18.3 Å². The molecule has 0 radical (unpaired) electrons. The molecule has 0 spiro atoms. The van der Waals surface area contributed by atoms with E-state index < -0.39 is 17.7 Å². The van der Waals surface area contributed by atoms with E-state index in [0.717, 1.165) is 0 Å². The molecule has 90 valence electrons. The number of hydrogen-bond donors (Lipinski definition) is 1. The Morgan fingerprint density at radius 2 is 1.88 bits per heavy atom. The molecule has 1 aromatic heterocycles. The van der Waals surface area contributed by atoms with Gasteiger partial charge in [0.15, 0.2) is 6.10 Å². The zero-order chi connectivity index (χ0) is 12.6. The van der Waals surface area contributed by atoms with Crippen molar-refractivity contribution in [2.75, 3.05) is 0 Å². The maximum atomic E-state index is 12.4. The molecule has 1 unspecified atom stereocenters. The summed E-state index contributed by atoms with van der Waals surface area (Å²) in [6.45, 7) is 2.61. The van der Waals surface area contributed by atoms with Crippen LogP contribution in [0.1, 0.15) is 19.5 Å². The highest BCUT2D eigenvalue weighted by atomic mass is 79.9.